The molecule has 5 nitrogen and oxygen atoms in total. The molecule has 0 saturated carbocycles. The van der Waals surface area contributed by atoms with E-state index in [1.165, 1.54) is 5.56 Å². The summed E-state index contributed by atoms with van der Waals surface area (Å²) in [5, 5.41) is 6.06. The molecule has 1 amide bonds. The summed E-state index contributed by atoms with van der Waals surface area (Å²) < 4.78 is 0. The Kier molecular flexibility index (Phi) is 5.09. The molecule has 116 valence electrons. The molecule has 5 heteroatoms. The van der Waals surface area contributed by atoms with E-state index in [2.05, 4.69) is 27.5 Å². The molecule has 0 unspecified atom stereocenters. The topological polar surface area (TPSA) is 66.9 Å². The lowest BCUT2D eigenvalue weighted by Crippen LogP contribution is -2.16. The number of carbonyl (C=O) groups is 1. The smallest absolute Gasteiger partial charge is 0.274 e. The van der Waals surface area contributed by atoms with Gasteiger partial charge in [-0.1, -0.05) is 13.0 Å². The maximum atomic E-state index is 12.4. The molecule has 2 rings (SSSR count). The Balaban J connectivity index is 2.17. The summed E-state index contributed by atoms with van der Waals surface area (Å²) in [5.74, 6) is 1.03. The first kappa shape index (κ1) is 15.9. The number of aryl methyl sites for hydroxylation is 3. The second kappa shape index (κ2) is 7.02. The van der Waals surface area contributed by atoms with Crippen LogP contribution in [-0.4, -0.2) is 22.4 Å². The number of carbonyl (C=O) groups excluding carboxylic acids is 1. The molecule has 1 heterocycles. The van der Waals surface area contributed by atoms with Crippen molar-refractivity contribution in [2.45, 2.75) is 34.1 Å². The second-order valence-corrected chi connectivity index (χ2v) is 5.37. The molecule has 1 aromatic carbocycles. The Bertz CT molecular complexity index is 682. The zero-order valence-electron chi connectivity index (χ0n) is 13.5. The molecule has 2 N–H and O–H groups in total. The van der Waals surface area contributed by atoms with E-state index in [-0.39, 0.29) is 5.91 Å². The minimum Gasteiger partial charge on any atom is -0.370 e. The Morgan fingerprint density at radius 3 is 2.55 bits per heavy atom. The highest BCUT2D eigenvalue weighted by atomic mass is 16.1. The highest BCUT2D eigenvalue weighted by Crippen LogP contribution is 2.15. The van der Waals surface area contributed by atoms with Gasteiger partial charge < -0.3 is 10.6 Å². The largest absolute Gasteiger partial charge is 0.370 e. The van der Waals surface area contributed by atoms with Crippen LogP contribution in [-0.2, 0) is 0 Å². The van der Waals surface area contributed by atoms with Crippen molar-refractivity contribution in [3.63, 3.8) is 0 Å². The molecule has 22 heavy (non-hydrogen) atoms. The van der Waals surface area contributed by atoms with Gasteiger partial charge in [-0.2, -0.15) is 0 Å². The maximum absolute atomic E-state index is 12.4. The Morgan fingerprint density at radius 2 is 1.86 bits per heavy atom. The third kappa shape index (κ3) is 4.04. The van der Waals surface area contributed by atoms with Gasteiger partial charge in [0.25, 0.3) is 5.91 Å². The van der Waals surface area contributed by atoms with Crippen LogP contribution in [0.5, 0.6) is 0 Å². The summed E-state index contributed by atoms with van der Waals surface area (Å²) >= 11 is 0. The molecule has 0 bridgehead atoms. The third-order valence-electron chi connectivity index (χ3n) is 3.39. The Hall–Kier alpha value is -2.43. The number of amides is 1. The number of aromatic nitrogens is 2. The van der Waals surface area contributed by atoms with Crippen LogP contribution < -0.4 is 10.6 Å². The lowest BCUT2D eigenvalue weighted by atomic mass is 10.1. The summed E-state index contributed by atoms with van der Waals surface area (Å²) in [6.45, 7) is 8.74. The molecule has 0 aliphatic heterocycles. The quantitative estimate of drug-likeness (QED) is 0.887. The number of rotatable bonds is 5. The lowest BCUT2D eigenvalue weighted by Gasteiger charge is -2.09. The normalized spacial score (nSPS) is 10.4. The molecule has 0 saturated heterocycles. The van der Waals surface area contributed by atoms with Crippen molar-refractivity contribution < 1.29 is 4.79 Å². The molecule has 0 aliphatic rings. The average molecular weight is 298 g/mol. The molecule has 0 spiro atoms. The van der Waals surface area contributed by atoms with E-state index in [1.54, 1.807) is 13.0 Å². The molecule has 0 atom stereocenters. The van der Waals surface area contributed by atoms with Crippen LogP contribution in [0.15, 0.2) is 24.3 Å². The van der Waals surface area contributed by atoms with Gasteiger partial charge in [-0.3, -0.25) is 4.79 Å². The van der Waals surface area contributed by atoms with Gasteiger partial charge in [0.2, 0.25) is 0 Å². The predicted octanol–water partition coefficient (Wildman–Crippen LogP) is 3.48. The van der Waals surface area contributed by atoms with Crippen molar-refractivity contribution in [3.05, 3.63) is 46.9 Å². The number of nitrogens with zero attached hydrogens (tertiary/aromatic N) is 2. The fourth-order valence-corrected chi connectivity index (χ4v) is 2.04. The molecule has 0 aliphatic carbocycles. The first-order valence-corrected chi connectivity index (χ1v) is 7.47. The van der Waals surface area contributed by atoms with Gasteiger partial charge >= 0.3 is 0 Å². The molecule has 0 radical (unpaired) electrons. The zero-order valence-corrected chi connectivity index (χ0v) is 13.5. The van der Waals surface area contributed by atoms with Crippen LogP contribution in [0.3, 0.4) is 0 Å². The number of hydrogen-bond acceptors (Lipinski definition) is 4. The lowest BCUT2D eigenvalue weighted by molar-refractivity contribution is 0.102. The summed E-state index contributed by atoms with van der Waals surface area (Å²) in [7, 11) is 0. The van der Waals surface area contributed by atoms with Gasteiger partial charge in [0, 0.05) is 18.3 Å². The van der Waals surface area contributed by atoms with Crippen molar-refractivity contribution in [2.75, 3.05) is 17.2 Å². The number of hydrogen-bond donors (Lipinski definition) is 2. The van der Waals surface area contributed by atoms with Crippen molar-refractivity contribution in [1.29, 1.82) is 0 Å². The monoisotopic (exact) mass is 298 g/mol. The van der Waals surface area contributed by atoms with Crippen molar-refractivity contribution in [3.8, 4) is 0 Å². The van der Waals surface area contributed by atoms with Crippen molar-refractivity contribution in [1.82, 2.24) is 9.97 Å². The molecule has 1 aromatic heterocycles. The van der Waals surface area contributed by atoms with Crippen LogP contribution in [0.1, 0.15) is 40.8 Å². The Labute approximate surface area is 131 Å². The summed E-state index contributed by atoms with van der Waals surface area (Å²) in [5.41, 5.74) is 3.47. The van der Waals surface area contributed by atoms with Gasteiger partial charge in [0.05, 0.1) is 0 Å². The molecular weight excluding hydrogens is 276 g/mol. The van der Waals surface area contributed by atoms with Crippen LogP contribution in [0, 0.1) is 20.8 Å². The minimum atomic E-state index is -0.228. The zero-order chi connectivity index (χ0) is 16.1. The van der Waals surface area contributed by atoms with Crippen molar-refractivity contribution >= 4 is 17.4 Å². The van der Waals surface area contributed by atoms with Crippen LogP contribution in [0.25, 0.3) is 0 Å². The average Bonchev–Trinajstić information content (AvgIpc) is 2.48. The van der Waals surface area contributed by atoms with E-state index in [1.807, 2.05) is 32.0 Å². The highest BCUT2D eigenvalue weighted by Gasteiger charge is 2.11. The predicted molar refractivity (Wildman–Crippen MR) is 89.4 cm³/mol. The van der Waals surface area contributed by atoms with E-state index in [4.69, 9.17) is 0 Å². The summed E-state index contributed by atoms with van der Waals surface area (Å²) in [6, 6.07) is 7.52. The first-order chi connectivity index (χ1) is 10.5. The highest BCUT2D eigenvalue weighted by molar-refractivity contribution is 6.03. The number of anilines is 2. The fraction of sp³-hybridized carbons (Fsp3) is 0.353. The van der Waals surface area contributed by atoms with Crippen molar-refractivity contribution in [2.24, 2.45) is 0 Å². The van der Waals surface area contributed by atoms with E-state index >= 15 is 0 Å². The van der Waals surface area contributed by atoms with Gasteiger partial charge in [-0.15, -0.1) is 0 Å². The molecule has 0 fully saturated rings. The summed E-state index contributed by atoms with van der Waals surface area (Å²) in [6.07, 6.45) is 0.993. The van der Waals surface area contributed by atoms with Crippen LogP contribution >= 0.6 is 0 Å². The number of benzene rings is 1. The van der Waals surface area contributed by atoms with E-state index in [9.17, 15) is 4.79 Å². The standard InChI is InChI=1S/C17H22N4O/c1-5-8-18-16-10-15(19-13(4)20-16)17(22)21-14-7-6-11(2)12(3)9-14/h6-7,9-10H,5,8H2,1-4H3,(H,21,22)(H,18,19,20). The van der Waals surface area contributed by atoms with E-state index in [0.29, 0.717) is 17.3 Å². The van der Waals surface area contributed by atoms with Crippen LogP contribution in [0.4, 0.5) is 11.5 Å². The van der Waals surface area contributed by atoms with Gasteiger partial charge in [0.1, 0.15) is 17.3 Å². The van der Waals surface area contributed by atoms with Gasteiger partial charge in [-0.25, -0.2) is 9.97 Å². The second-order valence-electron chi connectivity index (χ2n) is 5.37. The van der Waals surface area contributed by atoms with E-state index < -0.39 is 0 Å². The first-order valence-electron chi connectivity index (χ1n) is 7.47. The van der Waals surface area contributed by atoms with E-state index in [0.717, 1.165) is 24.2 Å². The fourth-order valence-electron chi connectivity index (χ4n) is 2.04. The minimum absolute atomic E-state index is 0.228. The maximum Gasteiger partial charge on any atom is 0.274 e. The van der Waals surface area contributed by atoms with Gasteiger partial charge in [0.15, 0.2) is 0 Å². The van der Waals surface area contributed by atoms with Crippen LogP contribution in [0.2, 0.25) is 0 Å². The summed E-state index contributed by atoms with van der Waals surface area (Å²) in [4.78, 5) is 20.9. The SMILES string of the molecule is CCCNc1cc(C(=O)Nc2ccc(C)c(C)c2)nc(C)n1. The Morgan fingerprint density at radius 1 is 1.09 bits per heavy atom. The van der Waals surface area contributed by atoms with Gasteiger partial charge in [-0.05, 0) is 50.5 Å². The molecule has 2 aromatic rings. The molecular formula is C17H22N4O. The number of nitrogens with one attached hydrogen (secondary N) is 2. The third-order valence-corrected chi connectivity index (χ3v) is 3.39.